The molecule has 0 saturated heterocycles. The summed E-state index contributed by atoms with van der Waals surface area (Å²) >= 11 is 0. The highest BCUT2D eigenvalue weighted by Gasteiger charge is 2.22. The van der Waals surface area contributed by atoms with Crippen LogP contribution in [0.1, 0.15) is 39.0 Å². The predicted molar refractivity (Wildman–Crippen MR) is 113 cm³/mol. The van der Waals surface area contributed by atoms with Gasteiger partial charge in [-0.05, 0) is 57.2 Å². The van der Waals surface area contributed by atoms with Crippen LogP contribution >= 0.6 is 0 Å². The molecule has 2 aliphatic rings. The van der Waals surface area contributed by atoms with E-state index in [2.05, 4.69) is 25.7 Å². The molecule has 0 aromatic carbocycles. The lowest BCUT2D eigenvalue weighted by atomic mass is 9.93. The zero-order chi connectivity index (χ0) is 19.8. The van der Waals surface area contributed by atoms with Gasteiger partial charge in [0.15, 0.2) is 5.82 Å². The summed E-state index contributed by atoms with van der Waals surface area (Å²) in [6.07, 6.45) is 8.61. The van der Waals surface area contributed by atoms with Gasteiger partial charge in [0, 0.05) is 23.5 Å². The average molecular weight is 393 g/mol. The highest BCUT2D eigenvalue weighted by Crippen LogP contribution is 2.33. The predicted octanol–water partition coefficient (Wildman–Crippen LogP) is 4.39. The molecule has 1 fully saturated rings. The zero-order valence-corrected chi connectivity index (χ0v) is 16.4. The maximum Gasteiger partial charge on any atom is 0.241 e. The summed E-state index contributed by atoms with van der Waals surface area (Å²) in [7, 11) is 0. The standard InChI is InChI=1S/C21H24FN7/c1-13-16(6-3-10-22)26-20-18(24-13)8-7-17(27-20)15-9-11-29-19(15)12-23-21(28-29)25-14-4-2-5-14/h7-9,11-12,14,16H,2-6,10H2,1H3,(H,25,28)(H,26,27)/t16-/m0/s1. The van der Waals surface area contributed by atoms with Crippen molar-refractivity contribution in [1.29, 1.82) is 0 Å². The van der Waals surface area contributed by atoms with Crippen LogP contribution in [-0.2, 0) is 0 Å². The molecule has 1 atom stereocenters. The fourth-order valence-electron chi connectivity index (χ4n) is 3.82. The molecule has 0 unspecified atom stereocenters. The number of aromatic nitrogens is 4. The SMILES string of the molecule is CC1=Nc2ccc(-c3ccn4nc(NC5CCC5)ncc34)nc2N[C@H]1CCCF. The monoisotopic (exact) mass is 393 g/mol. The summed E-state index contributed by atoms with van der Waals surface area (Å²) in [4.78, 5) is 13.9. The number of hydrogen-bond acceptors (Lipinski definition) is 6. The number of anilines is 2. The molecule has 4 heterocycles. The van der Waals surface area contributed by atoms with Gasteiger partial charge in [-0.3, -0.25) is 9.38 Å². The van der Waals surface area contributed by atoms with E-state index in [-0.39, 0.29) is 12.7 Å². The van der Waals surface area contributed by atoms with Gasteiger partial charge in [-0.15, -0.1) is 5.10 Å². The molecule has 1 aliphatic heterocycles. The van der Waals surface area contributed by atoms with Crippen molar-refractivity contribution in [1.82, 2.24) is 19.6 Å². The molecule has 29 heavy (non-hydrogen) atoms. The van der Waals surface area contributed by atoms with E-state index < -0.39 is 0 Å². The lowest BCUT2D eigenvalue weighted by Crippen LogP contribution is -2.30. The van der Waals surface area contributed by atoms with Crippen LogP contribution in [0.5, 0.6) is 0 Å². The molecule has 0 radical (unpaired) electrons. The highest BCUT2D eigenvalue weighted by atomic mass is 19.1. The maximum absolute atomic E-state index is 12.6. The van der Waals surface area contributed by atoms with Crippen LogP contribution in [0.15, 0.2) is 35.6 Å². The Bertz CT molecular complexity index is 1070. The van der Waals surface area contributed by atoms with E-state index in [1.165, 1.54) is 19.3 Å². The number of nitrogens with one attached hydrogen (secondary N) is 2. The average Bonchev–Trinajstić information content (AvgIpc) is 3.12. The minimum atomic E-state index is -0.319. The van der Waals surface area contributed by atoms with Gasteiger partial charge < -0.3 is 10.6 Å². The van der Waals surface area contributed by atoms with Gasteiger partial charge in [0.05, 0.1) is 30.1 Å². The number of aliphatic imine (C=N–C) groups is 1. The third-order valence-electron chi connectivity index (χ3n) is 5.74. The third-order valence-corrected chi connectivity index (χ3v) is 5.74. The normalized spacial score (nSPS) is 18.7. The molecule has 7 nitrogen and oxygen atoms in total. The summed E-state index contributed by atoms with van der Waals surface area (Å²) in [5, 5.41) is 11.4. The minimum absolute atomic E-state index is 0.0234. The fraction of sp³-hybridized carbons (Fsp3) is 0.429. The minimum Gasteiger partial charge on any atom is -0.360 e. The lowest BCUT2D eigenvalue weighted by molar-refractivity contribution is 0.442. The second kappa shape index (κ2) is 7.42. The van der Waals surface area contributed by atoms with E-state index in [1.807, 2.05) is 42.0 Å². The van der Waals surface area contributed by atoms with Crippen molar-refractivity contribution in [3.63, 3.8) is 0 Å². The van der Waals surface area contributed by atoms with E-state index in [4.69, 9.17) is 4.98 Å². The number of alkyl halides is 1. The number of halogens is 1. The van der Waals surface area contributed by atoms with E-state index >= 15 is 0 Å². The maximum atomic E-state index is 12.6. The van der Waals surface area contributed by atoms with E-state index in [0.717, 1.165) is 34.0 Å². The van der Waals surface area contributed by atoms with Gasteiger partial charge in [0.2, 0.25) is 5.95 Å². The Morgan fingerprint density at radius 1 is 1.28 bits per heavy atom. The highest BCUT2D eigenvalue weighted by molar-refractivity contribution is 5.96. The topological polar surface area (TPSA) is 79.5 Å². The number of hydrogen-bond donors (Lipinski definition) is 2. The van der Waals surface area contributed by atoms with Crippen LogP contribution in [0.25, 0.3) is 16.8 Å². The van der Waals surface area contributed by atoms with Crippen LogP contribution in [0.2, 0.25) is 0 Å². The number of pyridine rings is 1. The van der Waals surface area contributed by atoms with Gasteiger partial charge in [0.1, 0.15) is 5.69 Å². The number of fused-ring (bicyclic) bond motifs is 2. The Morgan fingerprint density at radius 2 is 2.17 bits per heavy atom. The Balaban J connectivity index is 1.43. The Kier molecular flexibility index (Phi) is 4.61. The van der Waals surface area contributed by atoms with Crippen molar-refractivity contribution >= 4 is 28.7 Å². The smallest absolute Gasteiger partial charge is 0.241 e. The van der Waals surface area contributed by atoms with Crippen LogP contribution in [0.3, 0.4) is 0 Å². The quantitative estimate of drug-likeness (QED) is 0.649. The molecule has 0 bridgehead atoms. The van der Waals surface area contributed by atoms with E-state index in [0.29, 0.717) is 24.8 Å². The molecule has 0 amide bonds. The number of nitrogens with zero attached hydrogens (tertiary/aromatic N) is 5. The summed E-state index contributed by atoms with van der Waals surface area (Å²) in [5.74, 6) is 1.39. The van der Waals surface area contributed by atoms with E-state index in [9.17, 15) is 4.39 Å². The molecule has 1 aliphatic carbocycles. The van der Waals surface area contributed by atoms with Crippen LogP contribution < -0.4 is 10.6 Å². The lowest BCUT2D eigenvalue weighted by Gasteiger charge is -2.26. The summed E-state index contributed by atoms with van der Waals surface area (Å²) < 4.78 is 14.4. The van der Waals surface area contributed by atoms with Gasteiger partial charge in [-0.1, -0.05) is 0 Å². The summed E-state index contributed by atoms with van der Waals surface area (Å²) in [6, 6.07) is 6.45. The first kappa shape index (κ1) is 18.0. The van der Waals surface area contributed by atoms with Crippen LogP contribution in [-0.4, -0.2) is 44.1 Å². The van der Waals surface area contributed by atoms with Gasteiger partial charge in [-0.25, -0.2) is 14.5 Å². The summed E-state index contributed by atoms with van der Waals surface area (Å²) in [6.45, 7) is 1.65. The molecule has 3 aromatic heterocycles. The Morgan fingerprint density at radius 3 is 2.97 bits per heavy atom. The summed E-state index contributed by atoms with van der Waals surface area (Å²) in [5.41, 5.74) is 4.49. The second-order valence-electron chi connectivity index (χ2n) is 7.76. The first-order valence-electron chi connectivity index (χ1n) is 10.2. The molecule has 5 rings (SSSR count). The van der Waals surface area contributed by atoms with Crippen molar-refractivity contribution in [2.75, 3.05) is 17.3 Å². The van der Waals surface area contributed by atoms with E-state index in [1.54, 1.807) is 0 Å². The van der Waals surface area contributed by atoms with Gasteiger partial charge >= 0.3 is 0 Å². The van der Waals surface area contributed by atoms with Gasteiger partial charge in [0.25, 0.3) is 0 Å². The fourth-order valence-corrected chi connectivity index (χ4v) is 3.82. The largest absolute Gasteiger partial charge is 0.360 e. The van der Waals surface area contributed by atoms with Crippen molar-refractivity contribution in [3.05, 3.63) is 30.6 Å². The molecular formula is C21H24FN7. The van der Waals surface area contributed by atoms with Crippen molar-refractivity contribution in [2.24, 2.45) is 4.99 Å². The first-order valence-corrected chi connectivity index (χ1v) is 10.2. The molecule has 0 spiro atoms. The van der Waals surface area contributed by atoms with Gasteiger partial charge in [-0.2, -0.15) is 0 Å². The van der Waals surface area contributed by atoms with Crippen LogP contribution in [0, 0.1) is 0 Å². The first-order chi connectivity index (χ1) is 14.2. The molecule has 1 saturated carbocycles. The molecule has 8 heteroatoms. The van der Waals surface area contributed by atoms with Crippen molar-refractivity contribution < 1.29 is 4.39 Å². The molecule has 150 valence electrons. The molecule has 3 aromatic rings. The third kappa shape index (κ3) is 3.43. The molecule has 2 N–H and O–H groups in total. The van der Waals surface area contributed by atoms with Crippen molar-refractivity contribution in [2.45, 2.75) is 51.1 Å². The molecular weight excluding hydrogens is 369 g/mol. The second-order valence-corrected chi connectivity index (χ2v) is 7.76. The Labute approximate surface area is 168 Å². The van der Waals surface area contributed by atoms with Crippen LogP contribution in [0.4, 0.5) is 21.8 Å². The Hall–Kier alpha value is -3.03. The zero-order valence-electron chi connectivity index (χ0n) is 16.4. The number of rotatable bonds is 6. The van der Waals surface area contributed by atoms with Crippen molar-refractivity contribution in [3.8, 4) is 11.3 Å².